The summed E-state index contributed by atoms with van der Waals surface area (Å²) in [6.45, 7) is 1.15. The summed E-state index contributed by atoms with van der Waals surface area (Å²) >= 11 is 0. The highest BCUT2D eigenvalue weighted by molar-refractivity contribution is 5.84. The van der Waals surface area contributed by atoms with Gasteiger partial charge in [0.05, 0.1) is 0 Å². The van der Waals surface area contributed by atoms with Crippen molar-refractivity contribution in [1.82, 2.24) is 10.4 Å². The van der Waals surface area contributed by atoms with Gasteiger partial charge in [0.2, 0.25) is 0 Å². The Hall–Kier alpha value is -1.65. The first kappa shape index (κ1) is 9.89. The molecule has 1 aromatic heterocycles. The molecule has 1 aromatic carbocycles. The van der Waals surface area contributed by atoms with Gasteiger partial charge in [-0.2, -0.15) is 0 Å². The lowest BCUT2D eigenvalue weighted by atomic mass is 10.2. The third-order valence-electron chi connectivity index (χ3n) is 2.10. The van der Waals surface area contributed by atoms with Crippen molar-refractivity contribution < 1.29 is 4.74 Å². The first-order valence-electron chi connectivity index (χ1n) is 4.82. The van der Waals surface area contributed by atoms with Crippen LogP contribution in [0.3, 0.4) is 0 Å². The first-order chi connectivity index (χ1) is 7.42. The number of nitrogens with one attached hydrogen (secondary N) is 1. The monoisotopic (exact) mass is 203 g/mol. The Morgan fingerprint density at radius 2 is 2.13 bits per heavy atom. The maximum atomic E-state index is 5.55. The zero-order valence-electron chi connectivity index (χ0n) is 8.31. The van der Waals surface area contributed by atoms with E-state index in [9.17, 15) is 0 Å². The summed E-state index contributed by atoms with van der Waals surface area (Å²) in [5.41, 5.74) is 3.43. The molecule has 0 atom stereocenters. The van der Waals surface area contributed by atoms with Gasteiger partial charge < -0.3 is 4.74 Å². The quantitative estimate of drug-likeness (QED) is 0.443. The predicted molar refractivity (Wildman–Crippen MR) is 59.4 cm³/mol. The summed E-state index contributed by atoms with van der Waals surface area (Å²) < 4.78 is 5.55. The fraction of sp³-hybridized carbons (Fsp3) is 0.182. The van der Waals surface area contributed by atoms with Crippen LogP contribution < -0.4 is 16.0 Å². The molecule has 4 nitrogen and oxygen atoms in total. The van der Waals surface area contributed by atoms with E-state index in [1.165, 1.54) is 0 Å². The number of nitrogens with zero attached hydrogens (tertiary/aromatic N) is 1. The third kappa shape index (κ3) is 2.23. The van der Waals surface area contributed by atoms with Crippen molar-refractivity contribution in [3.63, 3.8) is 0 Å². The average molecular weight is 203 g/mol. The van der Waals surface area contributed by atoms with Crippen molar-refractivity contribution in [3.8, 4) is 5.75 Å². The molecule has 1 heterocycles. The number of fused-ring (bicyclic) bond motifs is 1. The van der Waals surface area contributed by atoms with E-state index in [1.807, 2.05) is 30.3 Å². The second-order valence-electron chi connectivity index (χ2n) is 3.13. The van der Waals surface area contributed by atoms with Crippen molar-refractivity contribution in [2.75, 3.05) is 13.2 Å². The van der Waals surface area contributed by atoms with Gasteiger partial charge >= 0.3 is 0 Å². The number of aromatic nitrogens is 1. The molecule has 0 saturated heterocycles. The van der Waals surface area contributed by atoms with Gasteiger partial charge in [-0.05, 0) is 12.1 Å². The van der Waals surface area contributed by atoms with Crippen LogP contribution in [-0.2, 0) is 0 Å². The SMILES string of the molecule is NNCCOc1cccc2cccnc12. The summed E-state index contributed by atoms with van der Waals surface area (Å²) in [6.07, 6.45) is 1.76. The smallest absolute Gasteiger partial charge is 0.145 e. The molecule has 78 valence electrons. The number of hydrogen-bond acceptors (Lipinski definition) is 4. The Labute approximate surface area is 88.0 Å². The largest absolute Gasteiger partial charge is 0.490 e. The second-order valence-corrected chi connectivity index (χ2v) is 3.13. The minimum absolute atomic E-state index is 0.534. The number of rotatable bonds is 4. The predicted octanol–water partition coefficient (Wildman–Crippen LogP) is 1.08. The van der Waals surface area contributed by atoms with Gasteiger partial charge in [-0.15, -0.1) is 0 Å². The van der Waals surface area contributed by atoms with Gasteiger partial charge in [0.25, 0.3) is 0 Å². The zero-order chi connectivity index (χ0) is 10.5. The highest BCUT2D eigenvalue weighted by Gasteiger charge is 2.01. The van der Waals surface area contributed by atoms with Crippen LogP contribution in [0.15, 0.2) is 36.5 Å². The van der Waals surface area contributed by atoms with Crippen LogP contribution in [-0.4, -0.2) is 18.1 Å². The number of hydrazine groups is 1. The molecule has 0 unspecified atom stereocenters. The molecule has 0 amide bonds. The molecular weight excluding hydrogens is 190 g/mol. The first-order valence-corrected chi connectivity index (χ1v) is 4.82. The molecule has 0 radical (unpaired) electrons. The number of nitrogens with two attached hydrogens (primary N) is 1. The number of hydrogen-bond donors (Lipinski definition) is 2. The number of pyridine rings is 1. The molecule has 4 heteroatoms. The second kappa shape index (κ2) is 4.72. The fourth-order valence-electron chi connectivity index (χ4n) is 1.41. The summed E-state index contributed by atoms with van der Waals surface area (Å²) in [6, 6.07) is 9.79. The van der Waals surface area contributed by atoms with E-state index in [-0.39, 0.29) is 0 Å². The average Bonchev–Trinajstić information content (AvgIpc) is 2.30. The van der Waals surface area contributed by atoms with Gasteiger partial charge in [0.15, 0.2) is 0 Å². The molecular formula is C11H13N3O. The lowest BCUT2D eigenvalue weighted by molar-refractivity contribution is 0.318. The van der Waals surface area contributed by atoms with Crippen LogP contribution >= 0.6 is 0 Å². The lowest BCUT2D eigenvalue weighted by Gasteiger charge is -2.07. The van der Waals surface area contributed by atoms with Crippen LogP contribution in [0.2, 0.25) is 0 Å². The minimum atomic E-state index is 0.534. The van der Waals surface area contributed by atoms with Crippen LogP contribution in [0.1, 0.15) is 0 Å². The number of ether oxygens (including phenoxy) is 1. The Balaban J connectivity index is 2.26. The Bertz CT molecular complexity index is 439. The Morgan fingerprint density at radius 3 is 3.00 bits per heavy atom. The molecule has 3 N–H and O–H groups in total. The van der Waals surface area contributed by atoms with E-state index in [2.05, 4.69) is 10.4 Å². The molecule has 0 fully saturated rings. The number of benzene rings is 1. The Kier molecular flexibility index (Phi) is 3.11. The van der Waals surface area contributed by atoms with Crippen molar-refractivity contribution in [2.45, 2.75) is 0 Å². The normalized spacial score (nSPS) is 10.5. The summed E-state index contributed by atoms with van der Waals surface area (Å²) in [5.74, 6) is 5.95. The van der Waals surface area contributed by atoms with Crippen molar-refractivity contribution in [3.05, 3.63) is 36.5 Å². The van der Waals surface area contributed by atoms with Crippen LogP contribution in [0.25, 0.3) is 10.9 Å². The highest BCUT2D eigenvalue weighted by atomic mass is 16.5. The van der Waals surface area contributed by atoms with Crippen LogP contribution in [0, 0.1) is 0 Å². The maximum absolute atomic E-state index is 5.55. The molecule has 0 aliphatic heterocycles. The van der Waals surface area contributed by atoms with E-state index >= 15 is 0 Å². The zero-order valence-corrected chi connectivity index (χ0v) is 8.31. The molecule has 0 aliphatic rings. The van der Waals surface area contributed by atoms with Gasteiger partial charge in [-0.25, -0.2) is 0 Å². The van der Waals surface area contributed by atoms with Gasteiger partial charge in [-0.3, -0.25) is 16.3 Å². The van der Waals surface area contributed by atoms with E-state index in [4.69, 9.17) is 10.6 Å². The molecule has 2 aromatic rings. The minimum Gasteiger partial charge on any atom is -0.490 e. The Morgan fingerprint density at radius 1 is 1.27 bits per heavy atom. The van der Waals surface area contributed by atoms with Crippen molar-refractivity contribution in [1.29, 1.82) is 0 Å². The topological polar surface area (TPSA) is 60.2 Å². The summed E-state index contributed by atoms with van der Waals surface area (Å²) in [5, 5.41) is 1.08. The summed E-state index contributed by atoms with van der Waals surface area (Å²) in [7, 11) is 0. The van der Waals surface area contributed by atoms with Crippen LogP contribution in [0.5, 0.6) is 5.75 Å². The van der Waals surface area contributed by atoms with E-state index < -0.39 is 0 Å². The third-order valence-corrected chi connectivity index (χ3v) is 2.10. The fourth-order valence-corrected chi connectivity index (χ4v) is 1.41. The molecule has 0 spiro atoms. The standard InChI is InChI=1S/C11H13N3O/c12-14-7-8-15-10-5-1-3-9-4-2-6-13-11(9)10/h1-6,14H,7-8,12H2. The molecule has 2 rings (SSSR count). The van der Waals surface area contributed by atoms with E-state index in [1.54, 1.807) is 6.20 Å². The molecule has 0 bridgehead atoms. The van der Waals surface area contributed by atoms with E-state index in [0.717, 1.165) is 16.7 Å². The maximum Gasteiger partial charge on any atom is 0.145 e. The highest BCUT2D eigenvalue weighted by Crippen LogP contribution is 2.22. The lowest BCUT2D eigenvalue weighted by Crippen LogP contribution is -2.27. The van der Waals surface area contributed by atoms with Crippen molar-refractivity contribution >= 4 is 10.9 Å². The summed E-state index contributed by atoms with van der Waals surface area (Å²) in [4.78, 5) is 4.28. The molecule has 0 saturated carbocycles. The van der Waals surface area contributed by atoms with Gasteiger partial charge in [-0.1, -0.05) is 18.2 Å². The van der Waals surface area contributed by atoms with Crippen molar-refractivity contribution in [2.24, 2.45) is 5.84 Å². The number of para-hydroxylation sites is 1. The van der Waals surface area contributed by atoms with Gasteiger partial charge in [0.1, 0.15) is 17.9 Å². The van der Waals surface area contributed by atoms with E-state index in [0.29, 0.717) is 13.2 Å². The van der Waals surface area contributed by atoms with Crippen LogP contribution in [0.4, 0.5) is 0 Å². The molecule has 15 heavy (non-hydrogen) atoms. The molecule has 0 aliphatic carbocycles. The van der Waals surface area contributed by atoms with Gasteiger partial charge in [0, 0.05) is 18.1 Å².